The summed E-state index contributed by atoms with van der Waals surface area (Å²) in [5, 5.41) is 11.6. The van der Waals surface area contributed by atoms with Crippen LogP contribution in [0.4, 0.5) is 0 Å². The predicted octanol–water partition coefficient (Wildman–Crippen LogP) is 2.69. The minimum absolute atomic E-state index is 0.0571. The number of carboxylic acid groups (broad SMARTS) is 1. The SMILES string of the molecule is CC(=O)NCc1ccc(-c2ccc(C(=O)O)cc2)cc1. The average molecular weight is 269 g/mol. The molecule has 0 bridgehead atoms. The van der Waals surface area contributed by atoms with Gasteiger partial charge in [-0.2, -0.15) is 0 Å². The lowest BCUT2D eigenvalue weighted by atomic mass is 10.0. The molecule has 4 nitrogen and oxygen atoms in total. The van der Waals surface area contributed by atoms with Crippen molar-refractivity contribution in [3.63, 3.8) is 0 Å². The summed E-state index contributed by atoms with van der Waals surface area (Å²) in [4.78, 5) is 21.6. The van der Waals surface area contributed by atoms with E-state index in [1.165, 1.54) is 6.92 Å². The lowest BCUT2D eigenvalue weighted by molar-refractivity contribution is -0.119. The number of nitrogens with one attached hydrogen (secondary N) is 1. The summed E-state index contributed by atoms with van der Waals surface area (Å²) in [6.07, 6.45) is 0. The number of carbonyl (C=O) groups excluding carboxylic acids is 1. The minimum Gasteiger partial charge on any atom is -0.478 e. The molecule has 2 N–H and O–H groups in total. The first-order valence-electron chi connectivity index (χ1n) is 6.23. The second-order valence-electron chi connectivity index (χ2n) is 4.49. The van der Waals surface area contributed by atoms with Crippen LogP contribution in [0.25, 0.3) is 11.1 Å². The van der Waals surface area contributed by atoms with Crippen molar-refractivity contribution in [1.29, 1.82) is 0 Å². The number of carbonyl (C=O) groups is 2. The number of aromatic carboxylic acids is 1. The van der Waals surface area contributed by atoms with Crippen molar-refractivity contribution in [1.82, 2.24) is 5.32 Å². The summed E-state index contributed by atoms with van der Waals surface area (Å²) >= 11 is 0. The monoisotopic (exact) mass is 269 g/mol. The van der Waals surface area contributed by atoms with Crippen molar-refractivity contribution in [3.05, 3.63) is 59.7 Å². The fourth-order valence-corrected chi connectivity index (χ4v) is 1.85. The quantitative estimate of drug-likeness (QED) is 0.896. The van der Waals surface area contributed by atoms with Crippen LogP contribution < -0.4 is 5.32 Å². The zero-order valence-corrected chi connectivity index (χ0v) is 11.1. The van der Waals surface area contributed by atoms with Crippen molar-refractivity contribution in [2.24, 2.45) is 0 Å². The van der Waals surface area contributed by atoms with Crippen LogP contribution in [0.15, 0.2) is 48.5 Å². The predicted molar refractivity (Wildman–Crippen MR) is 76.4 cm³/mol. The van der Waals surface area contributed by atoms with Crippen LogP contribution in [0.2, 0.25) is 0 Å². The zero-order chi connectivity index (χ0) is 14.5. The van der Waals surface area contributed by atoms with Gasteiger partial charge in [-0.3, -0.25) is 4.79 Å². The van der Waals surface area contributed by atoms with E-state index in [2.05, 4.69) is 5.32 Å². The van der Waals surface area contributed by atoms with Crippen molar-refractivity contribution < 1.29 is 14.7 Å². The van der Waals surface area contributed by atoms with E-state index < -0.39 is 5.97 Å². The maximum Gasteiger partial charge on any atom is 0.335 e. The van der Waals surface area contributed by atoms with E-state index in [0.29, 0.717) is 6.54 Å². The van der Waals surface area contributed by atoms with Crippen molar-refractivity contribution in [3.8, 4) is 11.1 Å². The number of hydrogen-bond acceptors (Lipinski definition) is 2. The Morgan fingerprint density at radius 3 is 1.90 bits per heavy atom. The van der Waals surface area contributed by atoms with Gasteiger partial charge in [-0.25, -0.2) is 4.79 Å². The van der Waals surface area contributed by atoms with Gasteiger partial charge >= 0.3 is 5.97 Å². The molecule has 0 radical (unpaired) electrons. The maximum absolute atomic E-state index is 10.8. The molecule has 2 aromatic carbocycles. The molecule has 2 aromatic rings. The van der Waals surface area contributed by atoms with Gasteiger partial charge in [0.05, 0.1) is 5.56 Å². The molecule has 0 heterocycles. The molecule has 2 rings (SSSR count). The highest BCUT2D eigenvalue weighted by molar-refractivity contribution is 5.88. The minimum atomic E-state index is -0.929. The van der Waals surface area contributed by atoms with Crippen LogP contribution >= 0.6 is 0 Å². The first-order chi connectivity index (χ1) is 9.56. The molecule has 0 saturated heterocycles. The Labute approximate surface area is 117 Å². The summed E-state index contributed by atoms with van der Waals surface area (Å²) in [7, 11) is 0. The summed E-state index contributed by atoms with van der Waals surface area (Å²) in [6.45, 7) is 1.99. The molecule has 0 saturated carbocycles. The Kier molecular flexibility index (Phi) is 4.15. The number of benzene rings is 2. The summed E-state index contributed by atoms with van der Waals surface area (Å²) in [6, 6.07) is 14.5. The molecule has 0 fully saturated rings. The van der Waals surface area contributed by atoms with E-state index in [-0.39, 0.29) is 11.5 Å². The fourth-order valence-electron chi connectivity index (χ4n) is 1.85. The first kappa shape index (κ1) is 13.8. The third-order valence-corrected chi connectivity index (χ3v) is 2.96. The molecular formula is C16H15NO3. The van der Waals surface area contributed by atoms with E-state index in [4.69, 9.17) is 5.11 Å². The molecule has 0 atom stereocenters. The highest BCUT2D eigenvalue weighted by atomic mass is 16.4. The molecule has 0 aliphatic carbocycles. The van der Waals surface area contributed by atoms with Gasteiger partial charge in [-0.15, -0.1) is 0 Å². The van der Waals surface area contributed by atoms with Gasteiger partial charge < -0.3 is 10.4 Å². The third kappa shape index (κ3) is 3.45. The normalized spacial score (nSPS) is 10.1. The molecule has 1 amide bonds. The van der Waals surface area contributed by atoms with Gasteiger partial charge in [-0.1, -0.05) is 36.4 Å². The van der Waals surface area contributed by atoms with Crippen LogP contribution in [-0.2, 0) is 11.3 Å². The number of hydrogen-bond donors (Lipinski definition) is 2. The van der Waals surface area contributed by atoms with Crippen molar-refractivity contribution in [2.45, 2.75) is 13.5 Å². The van der Waals surface area contributed by atoms with Crippen molar-refractivity contribution in [2.75, 3.05) is 0 Å². The van der Waals surface area contributed by atoms with Gasteiger partial charge in [0, 0.05) is 13.5 Å². The summed E-state index contributed by atoms with van der Waals surface area (Å²) in [5.41, 5.74) is 3.26. The number of amides is 1. The summed E-state index contributed by atoms with van der Waals surface area (Å²) < 4.78 is 0. The number of carboxylic acids is 1. The lowest BCUT2D eigenvalue weighted by Gasteiger charge is -2.05. The molecule has 0 aromatic heterocycles. The van der Waals surface area contributed by atoms with E-state index in [1.54, 1.807) is 24.3 Å². The first-order valence-corrected chi connectivity index (χ1v) is 6.23. The lowest BCUT2D eigenvalue weighted by Crippen LogP contribution is -2.18. The third-order valence-electron chi connectivity index (χ3n) is 2.96. The van der Waals surface area contributed by atoms with Crippen LogP contribution in [0.1, 0.15) is 22.8 Å². The van der Waals surface area contributed by atoms with Gasteiger partial charge in [0.15, 0.2) is 0 Å². The van der Waals surface area contributed by atoms with Gasteiger partial charge in [0.25, 0.3) is 0 Å². The van der Waals surface area contributed by atoms with Crippen LogP contribution in [-0.4, -0.2) is 17.0 Å². The Bertz CT molecular complexity index is 615. The van der Waals surface area contributed by atoms with Gasteiger partial charge in [-0.05, 0) is 28.8 Å². The van der Waals surface area contributed by atoms with Crippen LogP contribution in [0.5, 0.6) is 0 Å². The maximum atomic E-state index is 10.8. The second-order valence-corrected chi connectivity index (χ2v) is 4.49. The van der Waals surface area contributed by atoms with E-state index >= 15 is 0 Å². The molecule has 0 aliphatic rings. The Balaban J connectivity index is 2.13. The fraction of sp³-hybridized carbons (Fsp3) is 0.125. The highest BCUT2D eigenvalue weighted by Crippen LogP contribution is 2.20. The summed E-state index contributed by atoms with van der Waals surface area (Å²) in [5.74, 6) is -0.986. The molecule has 102 valence electrons. The molecule has 0 aliphatic heterocycles. The van der Waals surface area contributed by atoms with Gasteiger partial charge in [0.1, 0.15) is 0 Å². The van der Waals surface area contributed by atoms with Crippen molar-refractivity contribution >= 4 is 11.9 Å². The largest absolute Gasteiger partial charge is 0.478 e. The number of rotatable bonds is 4. The molecule has 0 spiro atoms. The Hall–Kier alpha value is -2.62. The Morgan fingerprint density at radius 2 is 1.45 bits per heavy atom. The smallest absolute Gasteiger partial charge is 0.335 e. The topological polar surface area (TPSA) is 66.4 Å². The van der Waals surface area contributed by atoms with E-state index in [1.807, 2.05) is 24.3 Å². The molecule has 4 heteroatoms. The molecule has 0 unspecified atom stereocenters. The van der Waals surface area contributed by atoms with E-state index in [0.717, 1.165) is 16.7 Å². The van der Waals surface area contributed by atoms with Crippen LogP contribution in [0.3, 0.4) is 0 Å². The highest BCUT2D eigenvalue weighted by Gasteiger charge is 2.03. The molecule has 20 heavy (non-hydrogen) atoms. The average Bonchev–Trinajstić information content (AvgIpc) is 2.46. The standard InChI is InChI=1S/C16H15NO3/c1-11(18)17-10-12-2-4-13(5-3-12)14-6-8-15(9-7-14)16(19)20/h2-9H,10H2,1H3,(H,17,18)(H,19,20). The Morgan fingerprint density at radius 1 is 0.950 bits per heavy atom. The van der Waals surface area contributed by atoms with E-state index in [9.17, 15) is 9.59 Å². The zero-order valence-electron chi connectivity index (χ0n) is 11.1. The van der Waals surface area contributed by atoms with Crippen LogP contribution in [0, 0.1) is 0 Å². The molecular weight excluding hydrogens is 254 g/mol. The van der Waals surface area contributed by atoms with Gasteiger partial charge in [0.2, 0.25) is 5.91 Å². The second kappa shape index (κ2) is 6.02.